The van der Waals surface area contributed by atoms with Crippen molar-refractivity contribution in [3.05, 3.63) is 28.5 Å². The molecule has 2 heterocycles. The van der Waals surface area contributed by atoms with Gasteiger partial charge in [0.25, 0.3) is 0 Å². The molecule has 0 aliphatic rings. The molecule has 0 atom stereocenters. The number of hydrogen-bond donors (Lipinski definition) is 1. The van der Waals surface area contributed by atoms with Crippen molar-refractivity contribution < 1.29 is 4.39 Å². The van der Waals surface area contributed by atoms with Gasteiger partial charge in [-0.25, -0.2) is 19.0 Å². The van der Waals surface area contributed by atoms with Gasteiger partial charge in [-0.05, 0) is 22.9 Å². The van der Waals surface area contributed by atoms with Crippen LogP contribution >= 0.6 is 15.9 Å². The molecule has 15 heavy (non-hydrogen) atoms. The van der Waals surface area contributed by atoms with Crippen LogP contribution in [0.25, 0.3) is 5.82 Å². The van der Waals surface area contributed by atoms with E-state index in [1.54, 1.807) is 13.1 Å². The molecule has 0 saturated heterocycles. The zero-order valence-corrected chi connectivity index (χ0v) is 9.36. The summed E-state index contributed by atoms with van der Waals surface area (Å²) in [6, 6.07) is 0. The van der Waals surface area contributed by atoms with E-state index in [0.717, 1.165) is 0 Å². The molecule has 0 amide bonds. The Labute approximate surface area is 93.3 Å². The fraction of sp³-hybridized carbons (Fsp3) is 0.125. The van der Waals surface area contributed by atoms with E-state index >= 15 is 0 Å². The molecule has 0 aliphatic carbocycles. The van der Waals surface area contributed by atoms with E-state index < -0.39 is 5.82 Å². The largest absolute Gasteiger partial charge is 0.381 e. The molecule has 7 heteroatoms. The van der Waals surface area contributed by atoms with Gasteiger partial charge in [-0.3, -0.25) is 0 Å². The summed E-state index contributed by atoms with van der Waals surface area (Å²) in [5.41, 5.74) is 5.79. The molecular weight excluding hydrogens is 265 g/mol. The fourth-order valence-corrected chi connectivity index (χ4v) is 1.35. The minimum absolute atomic E-state index is 0.0832. The highest BCUT2D eigenvalue weighted by Crippen LogP contribution is 2.20. The van der Waals surface area contributed by atoms with Crippen molar-refractivity contribution in [1.82, 2.24) is 19.7 Å². The number of nitrogens with two attached hydrogens (primary N) is 1. The molecule has 0 aliphatic heterocycles. The molecule has 0 aromatic carbocycles. The Hall–Kier alpha value is -1.50. The van der Waals surface area contributed by atoms with E-state index in [4.69, 9.17) is 5.73 Å². The Balaban J connectivity index is 2.59. The Kier molecular flexibility index (Phi) is 2.39. The maximum atomic E-state index is 13.6. The molecule has 0 spiro atoms. The molecule has 2 rings (SSSR count). The van der Waals surface area contributed by atoms with Crippen LogP contribution in [0.5, 0.6) is 0 Å². The van der Waals surface area contributed by atoms with Gasteiger partial charge in [0.2, 0.25) is 0 Å². The molecule has 0 radical (unpaired) electrons. The number of rotatable bonds is 1. The van der Waals surface area contributed by atoms with Crippen LogP contribution in [-0.2, 0) is 0 Å². The van der Waals surface area contributed by atoms with E-state index in [2.05, 4.69) is 31.0 Å². The van der Waals surface area contributed by atoms with Gasteiger partial charge in [0, 0.05) is 6.20 Å². The second kappa shape index (κ2) is 3.58. The number of halogens is 2. The highest BCUT2D eigenvalue weighted by atomic mass is 79.9. The summed E-state index contributed by atoms with van der Waals surface area (Å²) < 4.78 is 15.4. The number of nitrogen functional groups attached to an aromatic ring is 1. The maximum absolute atomic E-state index is 13.6. The van der Waals surface area contributed by atoms with Gasteiger partial charge in [-0.1, -0.05) is 0 Å². The van der Waals surface area contributed by atoms with Gasteiger partial charge in [-0.15, -0.1) is 5.10 Å². The Morgan fingerprint density at radius 1 is 1.47 bits per heavy atom. The van der Waals surface area contributed by atoms with Crippen molar-refractivity contribution in [2.75, 3.05) is 5.73 Å². The number of nitrogens with zero attached hydrogens (tertiary/aromatic N) is 4. The summed E-state index contributed by atoms with van der Waals surface area (Å²) in [6.07, 6.45) is 2.82. The van der Waals surface area contributed by atoms with Gasteiger partial charge in [0.15, 0.2) is 17.5 Å². The summed E-state index contributed by atoms with van der Waals surface area (Å²) in [6.45, 7) is 1.56. The second-order valence-electron chi connectivity index (χ2n) is 2.90. The first kappa shape index (κ1) is 10.0. The van der Waals surface area contributed by atoms with Crippen LogP contribution in [-0.4, -0.2) is 19.7 Å². The van der Waals surface area contributed by atoms with Crippen molar-refractivity contribution in [3.63, 3.8) is 0 Å². The summed E-state index contributed by atoms with van der Waals surface area (Å²) in [7, 11) is 0. The fourth-order valence-electron chi connectivity index (χ4n) is 1.08. The van der Waals surface area contributed by atoms with E-state index in [9.17, 15) is 4.39 Å². The van der Waals surface area contributed by atoms with Gasteiger partial charge in [0.1, 0.15) is 6.33 Å². The molecular formula is C8H7BrFN5. The van der Waals surface area contributed by atoms with Crippen LogP contribution in [0.4, 0.5) is 10.2 Å². The number of hydrogen-bond acceptors (Lipinski definition) is 4. The van der Waals surface area contributed by atoms with E-state index in [1.807, 2.05) is 0 Å². The van der Waals surface area contributed by atoms with Crippen molar-refractivity contribution in [3.8, 4) is 5.82 Å². The van der Waals surface area contributed by atoms with Crippen molar-refractivity contribution in [1.29, 1.82) is 0 Å². The van der Waals surface area contributed by atoms with Gasteiger partial charge in [0.05, 0.1) is 10.2 Å². The van der Waals surface area contributed by atoms with Crippen LogP contribution in [0, 0.1) is 12.7 Å². The molecule has 5 nitrogen and oxygen atoms in total. The maximum Gasteiger partial charge on any atom is 0.193 e. The Morgan fingerprint density at radius 2 is 2.20 bits per heavy atom. The third kappa shape index (κ3) is 1.70. The van der Waals surface area contributed by atoms with Gasteiger partial charge < -0.3 is 5.73 Å². The monoisotopic (exact) mass is 271 g/mol. The minimum atomic E-state index is -0.507. The summed E-state index contributed by atoms with van der Waals surface area (Å²) >= 11 is 3.18. The number of aromatic nitrogens is 4. The molecule has 0 saturated carbocycles. The molecule has 2 aromatic rings. The van der Waals surface area contributed by atoms with Crippen LogP contribution in [0.2, 0.25) is 0 Å². The summed E-state index contributed by atoms with van der Waals surface area (Å²) in [5, 5.41) is 3.90. The Morgan fingerprint density at radius 3 is 2.80 bits per heavy atom. The predicted octanol–water partition coefficient (Wildman–Crippen LogP) is 1.45. The molecule has 0 fully saturated rings. The highest BCUT2D eigenvalue weighted by Gasteiger charge is 2.12. The topological polar surface area (TPSA) is 69.6 Å². The lowest BCUT2D eigenvalue weighted by Gasteiger charge is -2.02. The summed E-state index contributed by atoms with van der Waals surface area (Å²) in [4.78, 5) is 7.53. The quantitative estimate of drug-likeness (QED) is 0.853. The lowest BCUT2D eigenvalue weighted by atomic mass is 10.4. The zero-order chi connectivity index (χ0) is 11.0. The normalized spacial score (nSPS) is 10.6. The standard InChI is InChI=1S/C8H7BrFN5/c1-4-6(10)8(13-3-12-4)15-2-5(9)7(11)14-15/h2-3H,1H3,(H2,11,14). The van der Waals surface area contributed by atoms with E-state index in [0.29, 0.717) is 4.47 Å². The van der Waals surface area contributed by atoms with Crippen LogP contribution in [0.1, 0.15) is 5.69 Å². The van der Waals surface area contributed by atoms with Gasteiger partial charge >= 0.3 is 0 Å². The first-order valence-electron chi connectivity index (χ1n) is 4.07. The number of anilines is 1. The van der Waals surface area contributed by atoms with Crippen molar-refractivity contribution in [2.24, 2.45) is 0 Å². The summed E-state index contributed by atoms with van der Waals surface area (Å²) in [5.74, 6) is -0.141. The Bertz CT molecular complexity index is 490. The highest BCUT2D eigenvalue weighted by molar-refractivity contribution is 9.10. The van der Waals surface area contributed by atoms with E-state index in [1.165, 1.54) is 11.0 Å². The lowest BCUT2D eigenvalue weighted by molar-refractivity contribution is 0.582. The molecule has 0 bridgehead atoms. The van der Waals surface area contributed by atoms with Crippen LogP contribution < -0.4 is 5.73 Å². The third-order valence-electron chi connectivity index (χ3n) is 1.86. The first-order chi connectivity index (χ1) is 7.09. The van der Waals surface area contributed by atoms with Crippen molar-refractivity contribution >= 4 is 21.7 Å². The average Bonchev–Trinajstić information content (AvgIpc) is 2.51. The first-order valence-corrected chi connectivity index (χ1v) is 4.87. The molecule has 0 unspecified atom stereocenters. The smallest absolute Gasteiger partial charge is 0.193 e. The molecule has 2 N–H and O–H groups in total. The third-order valence-corrected chi connectivity index (χ3v) is 2.47. The van der Waals surface area contributed by atoms with Crippen molar-refractivity contribution in [2.45, 2.75) is 6.92 Å². The van der Waals surface area contributed by atoms with Crippen LogP contribution in [0.15, 0.2) is 17.0 Å². The predicted molar refractivity (Wildman–Crippen MR) is 56.0 cm³/mol. The molecule has 78 valence electrons. The van der Waals surface area contributed by atoms with Crippen LogP contribution in [0.3, 0.4) is 0 Å². The van der Waals surface area contributed by atoms with Gasteiger partial charge in [-0.2, -0.15) is 0 Å². The number of aryl methyl sites for hydroxylation is 1. The minimum Gasteiger partial charge on any atom is -0.381 e. The zero-order valence-electron chi connectivity index (χ0n) is 7.78. The average molecular weight is 272 g/mol. The lowest BCUT2D eigenvalue weighted by Crippen LogP contribution is -2.05. The van der Waals surface area contributed by atoms with E-state index in [-0.39, 0.29) is 17.3 Å². The second-order valence-corrected chi connectivity index (χ2v) is 3.76. The molecule has 2 aromatic heterocycles. The SMILES string of the molecule is Cc1ncnc(-n2cc(Br)c(N)n2)c1F.